The second-order valence-electron chi connectivity index (χ2n) is 7.46. The molecule has 2 aliphatic rings. The molecular weight excluding hydrogens is 372 g/mol. The summed E-state index contributed by atoms with van der Waals surface area (Å²) in [4.78, 5) is 18.2. The number of rotatable bonds is 4. The molecule has 7 nitrogen and oxygen atoms in total. The van der Waals surface area contributed by atoms with Gasteiger partial charge in [-0.2, -0.15) is 0 Å². The van der Waals surface area contributed by atoms with E-state index in [1.54, 1.807) is 18.3 Å². The summed E-state index contributed by atoms with van der Waals surface area (Å²) in [6, 6.07) is 9.05. The number of hydrogen-bond acceptors (Lipinski definition) is 7. The SMILES string of the molecule is COC(=O)c1ccc2c(c1)OC[C@H](c1cccnc1)N(C(O)C1CCOCC1)C2. The van der Waals surface area contributed by atoms with E-state index in [9.17, 15) is 9.90 Å². The van der Waals surface area contributed by atoms with Crippen LogP contribution in [0.4, 0.5) is 0 Å². The summed E-state index contributed by atoms with van der Waals surface area (Å²) in [5.41, 5.74) is 2.36. The van der Waals surface area contributed by atoms with Gasteiger partial charge in [-0.3, -0.25) is 9.88 Å². The summed E-state index contributed by atoms with van der Waals surface area (Å²) in [6.45, 7) is 2.20. The molecule has 1 aromatic carbocycles. The van der Waals surface area contributed by atoms with Crippen molar-refractivity contribution in [2.24, 2.45) is 5.92 Å². The molecule has 0 spiro atoms. The number of hydrogen-bond donors (Lipinski definition) is 1. The average Bonchev–Trinajstić information content (AvgIpc) is 2.98. The molecule has 1 unspecified atom stereocenters. The molecule has 1 saturated heterocycles. The number of methoxy groups -OCH3 is 1. The van der Waals surface area contributed by atoms with Crippen LogP contribution in [0.1, 0.15) is 40.4 Å². The molecule has 0 bridgehead atoms. The van der Waals surface area contributed by atoms with Crippen molar-refractivity contribution in [2.45, 2.75) is 31.7 Å². The number of carbonyl (C=O) groups is 1. The van der Waals surface area contributed by atoms with Gasteiger partial charge in [-0.15, -0.1) is 0 Å². The van der Waals surface area contributed by atoms with Crippen molar-refractivity contribution in [3.63, 3.8) is 0 Å². The highest BCUT2D eigenvalue weighted by atomic mass is 16.5. The minimum atomic E-state index is -0.626. The third-order valence-corrected chi connectivity index (χ3v) is 5.73. The van der Waals surface area contributed by atoms with Gasteiger partial charge in [0.05, 0.1) is 18.7 Å². The van der Waals surface area contributed by atoms with Crippen LogP contribution in [0.2, 0.25) is 0 Å². The van der Waals surface area contributed by atoms with E-state index in [4.69, 9.17) is 14.2 Å². The lowest BCUT2D eigenvalue weighted by Gasteiger charge is -2.38. The molecule has 1 N–H and O–H groups in total. The summed E-state index contributed by atoms with van der Waals surface area (Å²) in [7, 11) is 1.36. The predicted octanol–water partition coefficient (Wildman–Crippen LogP) is 2.55. The predicted molar refractivity (Wildman–Crippen MR) is 105 cm³/mol. The molecule has 154 valence electrons. The maximum absolute atomic E-state index is 11.9. The minimum absolute atomic E-state index is 0.138. The fraction of sp³-hybridized carbons (Fsp3) is 0.455. The van der Waals surface area contributed by atoms with Crippen molar-refractivity contribution < 1.29 is 24.1 Å². The number of esters is 1. The van der Waals surface area contributed by atoms with Crippen LogP contribution in [0.15, 0.2) is 42.7 Å². The first-order valence-corrected chi connectivity index (χ1v) is 9.93. The van der Waals surface area contributed by atoms with E-state index in [0.29, 0.717) is 37.7 Å². The lowest BCUT2D eigenvalue weighted by atomic mass is 9.95. The van der Waals surface area contributed by atoms with Gasteiger partial charge in [0, 0.05) is 43.6 Å². The fourth-order valence-electron chi connectivity index (χ4n) is 4.06. The number of ether oxygens (including phenoxy) is 3. The highest BCUT2D eigenvalue weighted by Gasteiger charge is 2.35. The molecule has 0 amide bonds. The van der Waals surface area contributed by atoms with Gasteiger partial charge >= 0.3 is 5.97 Å². The number of aromatic nitrogens is 1. The Morgan fingerprint density at radius 2 is 2.14 bits per heavy atom. The Morgan fingerprint density at radius 1 is 1.31 bits per heavy atom. The maximum Gasteiger partial charge on any atom is 0.337 e. The van der Waals surface area contributed by atoms with Crippen molar-refractivity contribution in [3.05, 3.63) is 59.4 Å². The van der Waals surface area contributed by atoms with Crippen LogP contribution >= 0.6 is 0 Å². The normalized spacial score (nSPS) is 21.5. The lowest BCUT2D eigenvalue weighted by Crippen LogP contribution is -2.45. The first-order chi connectivity index (χ1) is 14.2. The average molecular weight is 398 g/mol. The first-order valence-electron chi connectivity index (χ1n) is 9.93. The van der Waals surface area contributed by atoms with Crippen molar-refractivity contribution in [2.75, 3.05) is 26.9 Å². The number of pyridine rings is 1. The molecule has 2 aliphatic heterocycles. The fourth-order valence-corrected chi connectivity index (χ4v) is 4.06. The van der Waals surface area contributed by atoms with Gasteiger partial charge in [0.1, 0.15) is 18.6 Å². The molecule has 0 radical (unpaired) electrons. The second kappa shape index (κ2) is 8.90. The molecule has 1 aromatic heterocycles. The van der Waals surface area contributed by atoms with Crippen molar-refractivity contribution in [1.29, 1.82) is 0 Å². The third-order valence-electron chi connectivity index (χ3n) is 5.73. The molecule has 3 heterocycles. The number of fused-ring (bicyclic) bond motifs is 1. The Morgan fingerprint density at radius 3 is 2.86 bits per heavy atom. The van der Waals surface area contributed by atoms with E-state index < -0.39 is 12.2 Å². The maximum atomic E-state index is 11.9. The van der Waals surface area contributed by atoms with Crippen LogP contribution in [0.5, 0.6) is 5.75 Å². The van der Waals surface area contributed by atoms with Gasteiger partial charge in [0.15, 0.2) is 0 Å². The van der Waals surface area contributed by atoms with E-state index in [0.717, 1.165) is 24.0 Å². The Kier molecular flexibility index (Phi) is 6.08. The van der Waals surface area contributed by atoms with Crippen LogP contribution in [0.3, 0.4) is 0 Å². The smallest absolute Gasteiger partial charge is 0.337 e. The number of carbonyl (C=O) groups excluding carboxylic acids is 1. The van der Waals surface area contributed by atoms with Crippen LogP contribution in [0.25, 0.3) is 0 Å². The Labute approximate surface area is 170 Å². The Bertz CT molecular complexity index is 838. The largest absolute Gasteiger partial charge is 0.491 e. The zero-order valence-corrected chi connectivity index (χ0v) is 16.5. The molecule has 4 rings (SSSR count). The van der Waals surface area contributed by atoms with E-state index >= 15 is 0 Å². The number of benzene rings is 1. The third kappa shape index (κ3) is 4.27. The van der Waals surface area contributed by atoms with Crippen LogP contribution in [-0.4, -0.2) is 54.1 Å². The Balaban J connectivity index is 1.67. The summed E-state index contributed by atoms with van der Waals surface area (Å²) in [6.07, 6.45) is 4.57. The quantitative estimate of drug-likeness (QED) is 0.793. The topological polar surface area (TPSA) is 81.1 Å². The van der Waals surface area contributed by atoms with Gasteiger partial charge in [0.2, 0.25) is 0 Å². The lowest BCUT2D eigenvalue weighted by molar-refractivity contribution is -0.0997. The van der Waals surface area contributed by atoms with E-state index in [1.165, 1.54) is 7.11 Å². The van der Waals surface area contributed by atoms with Gasteiger partial charge in [-0.1, -0.05) is 12.1 Å². The van der Waals surface area contributed by atoms with Gasteiger partial charge in [0.25, 0.3) is 0 Å². The molecule has 2 aromatic rings. The van der Waals surface area contributed by atoms with E-state index in [1.807, 2.05) is 24.4 Å². The Hall–Kier alpha value is -2.48. The zero-order valence-electron chi connectivity index (χ0n) is 16.5. The standard InChI is InChI=1S/C22H26N2O5/c1-27-22(26)16-4-5-18-13-24(21(25)15-6-9-28-10-7-15)19(14-29-20(18)11-16)17-3-2-8-23-12-17/h2-5,8,11-12,15,19,21,25H,6-7,9-10,13-14H2,1H3/t19-,21?/m1/s1. The molecular formula is C22H26N2O5. The molecule has 29 heavy (non-hydrogen) atoms. The molecule has 0 saturated carbocycles. The summed E-state index contributed by atoms with van der Waals surface area (Å²) in [5.74, 6) is 0.380. The first kappa shape index (κ1) is 19.8. The van der Waals surface area contributed by atoms with E-state index in [2.05, 4.69) is 9.88 Å². The number of nitrogens with zero attached hydrogens (tertiary/aromatic N) is 2. The van der Waals surface area contributed by atoms with Gasteiger partial charge < -0.3 is 19.3 Å². The van der Waals surface area contributed by atoms with Gasteiger partial charge in [-0.25, -0.2) is 4.79 Å². The summed E-state index contributed by atoms with van der Waals surface area (Å²) in [5, 5.41) is 11.3. The van der Waals surface area contributed by atoms with Crippen molar-refractivity contribution >= 4 is 5.97 Å². The molecule has 7 heteroatoms. The van der Waals surface area contributed by atoms with Crippen LogP contribution < -0.4 is 4.74 Å². The van der Waals surface area contributed by atoms with Crippen molar-refractivity contribution in [3.8, 4) is 5.75 Å². The van der Waals surface area contributed by atoms with Gasteiger partial charge in [-0.05, 0) is 36.6 Å². The molecule has 2 atom stereocenters. The van der Waals surface area contributed by atoms with Crippen LogP contribution in [-0.2, 0) is 16.0 Å². The minimum Gasteiger partial charge on any atom is -0.491 e. The van der Waals surface area contributed by atoms with Crippen LogP contribution in [0, 0.1) is 5.92 Å². The monoisotopic (exact) mass is 398 g/mol. The number of aliphatic hydroxyl groups is 1. The highest BCUT2D eigenvalue weighted by molar-refractivity contribution is 5.89. The highest BCUT2D eigenvalue weighted by Crippen LogP contribution is 2.36. The number of aliphatic hydroxyl groups excluding tert-OH is 1. The summed E-state index contributed by atoms with van der Waals surface area (Å²) >= 11 is 0. The molecule has 1 fully saturated rings. The second-order valence-corrected chi connectivity index (χ2v) is 7.46. The van der Waals surface area contributed by atoms with E-state index in [-0.39, 0.29) is 12.0 Å². The van der Waals surface area contributed by atoms with Crippen molar-refractivity contribution in [1.82, 2.24) is 9.88 Å². The molecule has 0 aliphatic carbocycles. The zero-order chi connectivity index (χ0) is 20.2. The summed E-state index contributed by atoms with van der Waals surface area (Å²) < 4.78 is 16.4.